The van der Waals surface area contributed by atoms with Crippen LogP contribution in [0.5, 0.6) is 0 Å². The summed E-state index contributed by atoms with van der Waals surface area (Å²) < 4.78 is 41.9. The fraction of sp³-hybridized carbons (Fsp3) is 0.286. The lowest BCUT2D eigenvalue weighted by Gasteiger charge is -2.22. The predicted molar refractivity (Wildman–Crippen MR) is 104 cm³/mol. The summed E-state index contributed by atoms with van der Waals surface area (Å²) in [7, 11) is 1.98. The number of aromatic nitrogens is 2. The van der Waals surface area contributed by atoms with Crippen LogP contribution >= 0.6 is 0 Å². The van der Waals surface area contributed by atoms with E-state index in [9.17, 15) is 18.0 Å². The molecule has 1 aromatic heterocycles. The number of benzene rings is 2. The molecule has 1 N–H and O–H groups in total. The van der Waals surface area contributed by atoms with Crippen molar-refractivity contribution in [2.45, 2.75) is 25.7 Å². The van der Waals surface area contributed by atoms with Gasteiger partial charge in [-0.2, -0.15) is 18.2 Å². The van der Waals surface area contributed by atoms with Gasteiger partial charge in [0.2, 0.25) is 5.82 Å². The Labute approximate surface area is 171 Å². The van der Waals surface area contributed by atoms with E-state index in [4.69, 9.17) is 0 Å². The zero-order chi connectivity index (χ0) is 21.7. The minimum absolute atomic E-state index is 0.0996. The SMILES string of the molecule is C[C@H](CN(C)Cc1ccccc1)NC(=O)c1ccc(-c2noc(C(F)(F)[18F])n2)cc1. The topological polar surface area (TPSA) is 71.3 Å². The molecule has 0 aliphatic heterocycles. The summed E-state index contributed by atoms with van der Waals surface area (Å²) in [6, 6.07) is 15.9. The van der Waals surface area contributed by atoms with E-state index < -0.39 is 12.1 Å². The summed E-state index contributed by atoms with van der Waals surface area (Å²) in [5, 5.41) is 6.25. The average molecular weight is 417 g/mol. The van der Waals surface area contributed by atoms with Crippen molar-refractivity contribution in [3.05, 3.63) is 71.6 Å². The lowest BCUT2D eigenvalue weighted by atomic mass is 10.1. The minimum Gasteiger partial charge on any atom is -0.348 e. The zero-order valence-electron chi connectivity index (χ0n) is 16.5. The quantitative estimate of drug-likeness (QED) is 0.629. The van der Waals surface area contributed by atoms with E-state index >= 15 is 0 Å². The molecule has 3 rings (SSSR count). The maximum atomic E-state index is 12.6. The second-order valence-corrected chi connectivity index (χ2v) is 7.06. The van der Waals surface area contributed by atoms with Crippen molar-refractivity contribution in [2.75, 3.05) is 13.6 Å². The number of nitrogens with zero attached hydrogens (tertiary/aromatic N) is 3. The van der Waals surface area contributed by atoms with Crippen molar-refractivity contribution >= 4 is 5.91 Å². The molecular weight excluding hydrogens is 396 g/mol. The third-order valence-corrected chi connectivity index (χ3v) is 4.33. The third kappa shape index (κ3) is 5.66. The number of hydrogen-bond acceptors (Lipinski definition) is 5. The molecule has 2 aromatic carbocycles. The molecule has 0 bridgehead atoms. The number of alkyl halides is 3. The molecular formula is C21H21F3N4O2. The molecule has 1 amide bonds. The Morgan fingerprint density at radius 3 is 2.40 bits per heavy atom. The molecule has 1 heterocycles. The number of rotatable bonds is 7. The molecule has 0 saturated heterocycles. The molecule has 158 valence electrons. The van der Waals surface area contributed by atoms with Crippen LogP contribution in [0.25, 0.3) is 11.4 Å². The molecule has 0 radical (unpaired) electrons. The fourth-order valence-electron chi connectivity index (χ4n) is 3.01. The number of carbonyl (C=O) groups is 1. The van der Waals surface area contributed by atoms with Crippen LogP contribution in [-0.2, 0) is 12.7 Å². The van der Waals surface area contributed by atoms with E-state index in [-0.39, 0.29) is 17.8 Å². The van der Waals surface area contributed by atoms with Crippen molar-refractivity contribution < 1.29 is 22.5 Å². The summed E-state index contributed by atoms with van der Waals surface area (Å²) in [6.45, 7) is 3.33. The van der Waals surface area contributed by atoms with Gasteiger partial charge >= 0.3 is 12.1 Å². The first-order valence-electron chi connectivity index (χ1n) is 9.27. The first-order chi connectivity index (χ1) is 14.2. The Hall–Kier alpha value is -3.20. The van der Waals surface area contributed by atoms with Crippen LogP contribution in [0.3, 0.4) is 0 Å². The van der Waals surface area contributed by atoms with Gasteiger partial charge in [-0.05, 0) is 31.7 Å². The highest BCUT2D eigenvalue weighted by molar-refractivity contribution is 5.94. The van der Waals surface area contributed by atoms with Gasteiger partial charge < -0.3 is 14.7 Å². The van der Waals surface area contributed by atoms with Crippen molar-refractivity contribution in [3.63, 3.8) is 0 Å². The van der Waals surface area contributed by atoms with Gasteiger partial charge in [0, 0.05) is 30.3 Å². The second kappa shape index (κ2) is 9.08. The Kier molecular flexibility index (Phi) is 6.51. The molecule has 0 fully saturated rings. The summed E-state index contributed by atoms with van der Waals surface area (Å²) in [6.07, 6.45) is -4.70. The van der Waals surface area contributed by atoms with Gasteiger partial charge in [0.05, 0.1) is 0 Å². The molecule has 0 saturated carbocycles. The van der Waals surface area contributed by atoms with Gasteiger partial charge in [0.1, 0.15) is 0 Å². The molecule has 0 aliphatic rings. The Morgan fingerprint density at radius 1 is 1.13 bits per heavy atom. The highest BCUT2D eigenvalue weighted by atomic mass is 19.3. The molecule has 1 atom stereocenters. The second-order valence-electron chi connectivity index (χ2n) is 7.06. The van der Waals surface area contributed by atoms with Gasteiger partial charge in [0.15, 0.2) is 0 Å². The molecule has 0 aliphatic carbocycles. The number of likely N-dealkylation sites (N-methyl/N-ethyl adjacent to an activating group) is 1. The molecule has 3 aromatic rings. The maximum Gasteiger partial charge on any atom is 0.471 e. The van der Waals surface area contributed by atoms with Crippen LogP contribution in [0.4, 0.5) is 13.2 Å². The minimum atomic E-state index is -4.70. The Balaban J connectivity index is 1.55. The summed E-state index contributed by atoms with van der Waals surface area (Å²) in [4.78, 5) is 17.9. The predicted octanol–water partition coefficient (Wildman–Crippen LogP) is 4.01. The highest BCUT2D eigenvalue weighted by Crippen LogP contribution is 2.29. The van der Waals surface area contributed by atoms with Gasteiger partial charge in [-0.15, -0.1) is 0 Å². The monoisotopic (exact) mass is 417 g/mol. The zero-order valence-corrected chi connectivity index (χ0v) is 16.5. The van der Waals surface area contributed by atoms with Crippen LogP contribution in [-0.4, -0.2) is 40.6 Å². The van der Waals surface area contributed by atoms with Gasteiger partial charge in [0.25, 0.3) is 5.91 Å². The van der Waals surface area contributed by atoms with E-state index in [1.807, 2.05) is 44.3 Å². The largest absolute Gasteiger partial charge is 0.471 e. The van der Waals surface area contributed by atoms with Gasteiger partial charge in [-0.1, -0.05) is 47.6 Å². The van der Waals surface area contributed by atoms with Crippen molar-refractivity contribution in [3.8, 4) is 11.4 Å². The van der Waals surface area contributed by atoms with E-state index in [1.54, 1.807) is 0 Å². The smallest absolute Gasteiger partial charge is 0.348 e. The molecule has 30 heavy (non-hydrogen) atoms. The fourth-order valence-corrected chi connectivity index (χ4v) is 3.01. The lowest BCUT2D eigenvalue weighted by Crippen LogP contribution is -2.40. The first-order valence-corrected chi connectivity index (χ1v) is 9.27. The lowest BCUT2D eigenvalue weighted by molar-refractivity contribution is -0.159. The van der Waals surface area contributed by atoms with Crippen LogP contribution in [0.2, 0.25) is 0 Å². The van der Waals surface area contributed by atoms with Gasteiger partial charge in [-0.25, -0.2) is 0 Å². The van der Waals surface area contributed by atoms with Crippen LogP contribution in [0, 0.1) is 0 Å². The average Bonchev–Trinajstić information content (AvgIpc) is 3.19. The van der Waals surface area contributed by atoms with E-state index in [1.165, 1.54) is 29.8 Å². The van der Waals surface area contributed by atoms with Gasteiger partial charge in [-0.3, -0.25) is 4.79 Å². The molecule has 0 unspecified atom stereocenters. The van der Waals surface area contributed by atoms with Crippen molar-refractivity contribution in [2.24, 2.45) is 0 Å². The van der Waals surface area contributed by atoms with Crippen molar-refractivity contribution in [1.82, 2.24) is 20.4 Å². The summed E-state index contributed by atoms with van der Waals surface area (Å²) in [5.74, 6) is -1.87. The normalized spacial score (nSPS) is 12.7. The highest BCUT2D eigenvalue weighted by Gasteiger charge is 2.38. The first kappa shape index (κ1) is 21.5. The standard InChI is InChI=1S/C21H21F3N4O2/c1-14(12-28(2)13-15-6-4-3-5-7-15)25-19(29)17-10-8-16(9-11-17)18-26-20(30-27-18)21(22,23)24/h3-11,14H,12-13H2,1-2H3,(H,25,29)/t14-/m1/s1/i22-1. The Bertz CT molecular complexity index is 972. The summed E-state index contributed by atoms with van der Waals surface area (Å²) >= 11 is 0. The number of amides is 1. The molecule has 9 heteroatoms. The van der Waals surface area contributed by atoms with Crippen LogP contribution < -0.4 is 5.32 Å². The summed E-state index contributed by atoms with van der Waals surface area (Å²) in [5.41, 5.74) is 1.89. The van der Waals surface area contributed by atoms with E-state index in [0.717, 1.165) is 6.54 Å². The number of nitrogens with one attached hydrogen (secondary N) is 1. The van der Waals surface area contributed by atoms with E-state index in [0.29, 0.717) is 17.7 Å². The molecule has 0 spiro atoms. The van der Waals surface area contributed by atoms with Crippen LogP contribution in [0.15, 0.2) is 59.1 Å². The molecule has 6 nitrogen and oxygen atoms in total. The Morgan fingerprint density at radius 2 is 1.80 bits per heavy atom. The third-order valence-electron chi connectivity index (χ3n) is 4.33. The maximum absolute atomic E-state index is 12.6. The van der Waals surface area contributed by atoms with Crippen LogP contribution in [0.1, 0.15) is 28.7 Å². The number of hydrogen-bond donors (Lipinski definition) is 1. The van der Waals surface area contributed by atoms with E-state index in [2.05, 4.69) is 24.9 Å². The number of carbonyl (C=O) groups excluding carboxylic acids is 1. The number of halogens is 3. The van der Waals surface area contributed by atoms with Crippen molar-refractivity contribution in [1.29, 1.82) is 0 Å².